The van der Waals surface area contributed by atoms with Crippen molar-refractivity contribution in [1.82, 2.24) is 4.90 Å². The van der Waals surface area contributed by atoms with Gasteiger partial charge in [0.25, 0.3) is 0 Å². The van der Waals surface area contributed by atoms with Crippen LogP contribution in [0.25, 0.3) is 5.57 Å². The fourth-order valence-corrected chi connectivity index (χ4v) is 6.15. The number of rotatable bonds is 17. The van der Waals surface area contributed by atoms with Gasteiger partial charge in [0.05, 0.1) is 19.3 Å². The van der Waals surface area contributed by atoms with Crippen molar-refractivity contribution in [3.8, 4) is 5.75 Å². The van der Waals surface area contributed by atoms with Crippen molar-refractivity contribution in [2.45, 2.75) is 84.0 Å². The van der Waals surface area contributed by atoms with E-state index < -0.39 is 23.3 Å². The van der Waals surface area contributed by atoms with E-state index >= 15 is 8.78 Å². The molecule has 0 saturated carbocycles. The number of carbonyl (C=O) groups is 1. The molecule has 2 aromatic carbocycles. The molecule has 6 nitrogen and oxygen atoms in total. The topological polar surface area (TPSA) is 57.2 Å². The van der Waals surface area contributed by atoms with E-state index in [0.29, 0.717) is 45.7 Å². The maximum absolute atomic E-state index is 15.8. The molecule has 4 rings (SSSR count). The van der Waals surface area contributed by atoms with Gasteiger partial charge in [0, 0.05) is 56.5 Å². The van der Waals surface area contributed by atoms with Gasteiger partial charge in [-0.2, -0.15) is 0 Å². The van der Waals surface area contributed by atoms with E-state index in [1.54, 1.807) is 6.92 Å². The predicted octanol–water partition coefficient (Wildman–Crippen LogP) is 7.39. The van der Waals surface area contributed by atoms with Gasteiger partial charge in [0.2, 0.25) is 0 Å². The third-order valence-electron chi connectivity index (χ3n) is 8.03. The minimum atomic E-state index is -1.53. The summed E-state index contributed by atoms with van der Waals surface area (Å²) < 4.78 is 68.0. The van der Waals surface area contributed by atoms with E-state index in [9.17, 15) is 9.18 Å². The third-order valence-corrected chi connectivity index (χ3v) is 8.03. The molecule has 0 amide bonds. The van der Waals surface area contributed by atoms with Gasteiger partial charge >= 0.3 is 5.97 Å². The summed E-state index contributed by atoms with van der Waals surface area (Å²) in [5.41, 5.74) is 2.74. The Morgan fingerprint density at radius 2 is 1.66 bits per heavy atom. The molecule has 0 fully saturated rings. The Morgan fingerprint density at radius 3 is 2.36 bits per heavy atom. The second-order valence-electron chi connectivity index (χ2n) is 12.2. The molecule has 2 atom stereocenters. The molecule has 44 heavy (non-hydrogen) atoms. The van der Waals surface area contributed by atoms with Gasteiger partial charge in [-0.05, 0) is 82.1 Å². The van der Waals surface area contributed by atoms with Crippen LogP contribution in [0, 0.1) is 11.6 Å². The van der Waals surface area contributed by atoms with Crippen molar-refractivity contribution >= 4 is 11.5 Å². The highest BCUT2D eigenvalue weighted by molar-refractivity contribution is 5.79. The summed E-state index contributed by atoms with van der Waals surface area (Å²) in [7, 11) is 0. The van der Waals surface area contributed by atoms with Gasteiger partial charge in [-0.3, -0.25) is 4.90 Å². The van der Waals surface area contributed by atoms with Crippen LogP contribution >= 0.6 is 0 Å². The first-order chi connectivity index (χ1) is 21.1. The summed E-state index contributed by atoms with van der Waals surface area (Å²) in [6, 6.07) is 9.76. The lowest BCUT2D eigenvalue weighted by Crippen LogP contribution is -2.47. The molecule has 0 unspecified atom stereocenters. The minimum absolute atomic E-state index is 0.0234. The minimum Gasteiger partial charge on any atom is -0.493 e. The fraction of sp³-hybridized carbons (Fsp3) is 0.571. The zero-order chi connectivity index (χ0) is 31.7. The first-order valence-corrected chi connectivity index (χ1v) is 15.8. The van der Waals surface area contributed by atoms with Crippen molar-refractivity contribution in [1.29, 1.82) is 0 Å². The van der Waals surface area contributed by atoms with E-state index in [1.807, 2.05) is 24.0 Å². The first-order valence-electron chi connectivity index (χ1n) is 15.8. The Kier molecular flexibility index (Phi) is 12.3. The van der Waals surface area contributed by atoms with Crippen molar-refractivity contribution in [3.05, 3.63) is 70.3 Å². The summed E-state index contributed by atoms with van der Waals surface area (Å²) in [4.78, 5) is 13.1. The Labute approximate surface area is 259 Å². The number of halogens is 3. The molecular weight excluding hydrogens is 571 g/mol. The maximum atomic E-state index is 15.8. The Hall–Kier alpha value is -2.88. The van der Waals surface area contributed by atoms with Crippen molar-refractivity contribution in [2.75, 3.05) is 46.2 Å². The molecule has 1 aliphatic heterocycles. The number of hydrogen-bond donors (Lipinski definition) is 0. The number of carbonyl (C=O) groups excluding carboxylic acids is 1. The highest BCUT2D eigenvalue weighted by Crippen LogP contribution is 2.50. The van der Waals surface area contributed by atoms with E-state index in [1.165, 1.54) is 26.0 Å². The van der Waals surface area contributed by atoms with Gasteiger partial charge in [-0.1, -0.05) is 24.3 Å². The SMILES string of the molecule is CCOC(=O)COCCCCCOCCCOc1cc(F)c([C@@H]2C3=C(C[C@@H](C)N2CC(C)(C)F)c2ccccc2C3)c(F)c1. The number of hydrogen-bond acceptors (Lipinski definition) is 6. The molecule has 1 heterocycles. The Balaban J connectivity index is 1.30. The van der Waals surface area contributed by atoms with E-state index in [2.05, 4.69) is 12.1 Å². The lowest BCUT2D eigenvalue weighted by molar-refractivity contribution is -0.148. The largest absolute Gasteiger partial charge is 0.493 e. The number of fused-ring (bicyclic) bond motifs is 2. The number of ether oxygens (including phenoxy) is 4. The molecule has 9 heteroatoms. The maximum Gasteiger partial charge on any atom is 0.332 e. The number of alkyl halides is 1. The second kappa shape index (κ2) is 15.9. The lowest BCUT2D eigenvalue weighted by Gasteiger charge is -2.44. The smallest absolute Gasteiger partial charge is 0.332 e. The van der Waals surface area contributed by atoms with E-state index in [-0.39, 0.29) is 43.1 Å². The van der Waals surface area contributed by atoms with Crippen LogP contribution in [0.5, 0.6) is 5.75 Å². The molecule has 0 aromatic heterocycles. The van der Waals surface area contributed by atoms with Crippen LogP contribution < -0.4 is 4.74 Å². The molecular formula is C35H46F3NO5. The zero-order valence-corrected chi connectivity index (χ0v) is 26.4. The van der Waals surface area contributed by atoms with Crippen molar-refractivity contribution in [3.63, 3.8) is 0 Å². The molecule has 1 aliphatic carbocycles. The molecule has 0 bridgehead atoms. The van der Waals surface area contributed by atoms with Crippen LogP contribution in [-0.2, 0) is 25.4 Å². The van der Waals surface area contributed by atoms with E-state index in [4.69, 9.17) is 18.9 Å². The molecule has 0 saturated heterocycles. The number of benzene rings is 2. The summed E-state index contributed by atoms with van der Waals surface area (Å²) in [6.07, 6.45) is 4.47. The normalized spacial score (nSPS) is 18.3. The van der Waals surface area contributed by atoms with Gasteiger partial charge in [0.15, 0.2) is 0 Å². The zero-order valence-electron chi connectivity index (χ0n) is 26.4. The molecule has 0 spiro atoms. The molecule has 242 valence electrons. The molecule has 2 aliphatic rings. The van der Waals surface area contributed by atoms with Gasteiger partial charge in [-0.15, -0.1) is 0 Å². The summed E-state index contributed by atoms with van der Waals surface area (Å²) in [6.45, 7) is 8.96. The van der Waals surface area contributed by atoms with Crippen molar-refractivity contribution in [2.24, 2.45) is 0 Å². The van der Waals surface area contributed by atoms with Crippen LogP contribution in [0.3, 0.4) is 0 Å². The highest BCUT2D eigenvalue weighted by atomic mass is 19.1. The summed E-state index contributed by atoms with van der Waals surface area (Å²) >= 11 is 0. The number of nitrogens with zero attached hydrogens (tertiary/aromatic N) is 1. The fourth-order valence-electron chi connectivity index (χ4n) is 6.15. The van der Waals surface area contributed by atoms with Crippen molar-refractivity contribution < 1.29 is 36.9 Å². The summed E-state index contributed by atoms with van der Waals surface area (Å²) in [5.74, 6) is -1.61. The second-order valence-corrected chi connectivity index (χ2v) is 12.2. The molecule has 2 aromatic rings. The first kappa shape index (κ1) is 34.0. The van der Waals surface area contributed by atoms with Crippen LogP contribution in [0.2, 0.25) is 0 Å². The van der Waals surface area contributed by atoms with Gasteiger partial charge in [0.1, 0.15) is 29.7 Å². The monoisotopic (exact) mass is 617 g/mol. The standard InChI is InChI=1S/C35H46F3NO5/c1-5-43-32(40)22-42-15-10-6-9-14-41-16-11-17-44-26-20-30(36)33(31(37)21-26)34-29-19-25-12-7-8-13-27(25)28(29)18-24(2)39(34)23-35(3,4)38/h7-8,12-13,20-21,24,34H,5-6,9-11,14-19,22-23H2,1-4H3/t24-,34+/m1/s1. The third kappa shape index (κ3) is 9.08. The lowest BCUT2D eigenvalue weighted by atomic mass is 9.84. The quantitative estimate of drug-likeness (QED) is 0.136. The predicted molar refractivity (Wildman–Crippen MR) is 164 cm³/mol. The molecule has 0 N–H and O–H groups in total. The Bertz CT molecular complexity index is 1270. The number of unbranched alkanes of at least 4 members (excludes halogenated alkanes) is 2. The van der Waals surface area contributed by atoms with Gasteiger partial charge in [-0.25, -0.2) is 18.0 Å². The van der Waals surface area contributed by atoms with Crippen LogP contribution in [0.1, 0.15) is 82.5 Å². The average molecular weight is 618 g/mol. The van der Waals surface area contributed by atoms with Crippen LogP contribution in [-0.4, -0.2) is 68.8 Å². The highest BCUT2D eigenvalue weighted by Gasteiger charge is 2.43. The summed E-state index contributed by atoms with van der Waals surface area (Å²) in [5, 5.41) is 0. The molecule has 0 radical (unpaired) electrons. The van der Waals surface area contributed by atoms with E-state index in [0.717, 1.165) is 41.5 Å². The Morgan fingerprint density at radius 1 is 0.977 bits per heavy atom. The number of esters is 1. The van der Waals surface area contributed by atoms with Crippen LogP contribution in [0.15, 0.2) is 42.0 Å². The van der Waals surface area contributed by atoms with Crippen LogP contribution in [0.4, 0.5) is 13.2 Å². The average Bonchev–Trinajstić information content (AvgIpc) is 3.32. The van der Waals surface area contributed by atoms with Gasteiger partial charge < -0.3 is 18.9 Å².